The summed E-state index contributed by atoms with van der Waals surface area (Å²) < 4.78 is 7.42. The number of hydrogen-bond donors (Lipinski definition) is 0. The topological polar surface area (TPSA) is 54.5 Å². The van der Waals surface area contributed by atoms with Crippen molar-refractivity contribution in [2.75, 3.05) is 18.0 Å². The van der Waals surface area contributed by atoms with Gasteiger partial charge in [0.1, 0.15) is 11.2 Å². The molecular weight excluding hydrogens is 464 g/mol. The number of rotatable bonds is 4. The van der Waals surface area contributed by atoms with Gasteiger partial charge in [-0.15, -0.1) is 0 Å². The predicted molar refractivity (Wildman–Crippen MR) is 142 cm³/mol. The van der Waals surface area contributed by atoms with Crippen LogP contribution in [0.4, 0.5) is 10.8 Å². The standard InChI is InChI=1S/C27H21ClN4OS/c1-3-32(4-2)17-10-12-20-23(14-17)33-24-15-22(18-7-5-6-8-19(18)26(24)29-20)31-27-30-21-11-9-16(28)13-25(21)34-27/h5-15H,3-4H2,1-2H3/b31-22-. The first kappa shape index (κ1) is 21.1. The lowest BCUT2D eigenvalue weighted by atomic mass is 10.0. The van der Waals surface area contributed by atoms with Gasteiger partial charge < -0.3 is 9.32 Å². The minimum absolute atomic E-state index is 0.680. The van der Waals surface area contributed by atoms with Crippen molar-refractivity contribution in [3.8, 4) is 11.5 Å². The van der Waals surface area contributed by atoms with Crippen LogP contribution in [0.25, 0.3) is 43.5 Å². The van der Waals surface area contributed by atoms with Crippen molar-refractivity contribution in [1.82, 2.24) is 9.97 Å². The second-order valence-electron chi connectivity index (χ2n) is 8.05. The SMILES string of the molecule is CCN(CC)c1ccc2nc3c4ccccc4/c(=N\c4nc5ccc(Cl)cc5s4)cc-3oc2c1. The van der Waals surface area contributed by atoms with Crippen LogP contribution < -0.4 is 10.3 Å². The molecule has 0 bridgehead atoms. The van der Waals surface area contributed by atoms with Gasteiger partial charge in [-0.1, -0.05) is 47.2 Å². The predicted octanol–water partition coefficient (Wildman–Crippen LogP) is 7.43. The zero-order valence-electron chi connectivity index (χ0n) is 18.7. The van der Waals surface area contributed by atoms with Crippen LogP contribution in [-0.2, 0) is 0 Å². The summed E-state index contributed by atoms with van der Waals surface area (Å²) in [6.07, 6.45) is 0. The highest BCUT2D eigenvalue weighted by molar-refractivity contribution is 7.22. The molecule has 34 heavy (non-hydrogen) atoms. The Balaban J connectivity index is 1.60. The monoisotopic (exact) mass is 484 g/mol. The summed E-state index contributed by atoms with van der Waals surface area (Å²) in [5, 5.41) is 4.19. The molecule has 1 aliphatic heterocycles. The molecule has 1 aliphatic carbocycles. The first-order valence-electron chi connectivity index (χ1n) is 11.2. The normalized spacial score (nSPS) is 12.4. The van der Waals surface area contributed by atoms with E-state index in [0.29, 0.717) is 15.9 Å². The zero-order valence-corrected chi connectivity index (χ0v) is 20.3. The molecule has 6 rings (SSSR count). The van der Waals surface area contributed by atoms with Crippen LogP contribution in [0, 0.1) is 0 Å². The van der Waals surface area contributed by atoms with Crippen LogP contribution in [0.3, 0.4) is 0 Å². The lowest BCUT2D eigenvalue weighted by molar-refractivity contribution is 0.613. The maximum Gasteiger partial charge on any atom is 0.210 e. The molecule has 0 saturated carbocycles. The maximum absolute atomic E-state index is 6.40. The van der Waals surface area contributed by atoms with E-state index in [2.05, 4.69) is 48.0 Å². The van der Waals surface area contributed by atoms with E-state index in [1.54, 1.807) is 0 Å². The number of nitrogens with zero attached hydrogens (tertiary/aromatic N) is 4. The van der Waals surface area contributed by atoms with Gasteiger partial charge in [-0.3, -0.25) is 0 Å². The zero-order chi connectivity index (χ0) is 23.2. The van der Waals surface area contributed by atoms with Crippen molar-refractivity contribution in [2.45, 2.75) is 13.8 Å². The Labute approximate surface area is 205 Å². The third-order valence-corrected chi connectivity index (χ3v) is 7.19. The molecular formula is C27H21ClN4OS. The molecule has 7 heteroatoms. The fraction of sp³-hybridized carbons (Fsp3) is 0.148. The van der Waals surface area contributed by atoms with Crippen molar-refractivity contribution in [3.05, 3.63) is 77.1 Å². The van der Waals surface area contributed by atoms with Gasteiger partial charge in [0, 0.05) is 46.7 Å². The van der Waals surface area contributed by atoms with Crippen molar-refractivity contribution >= 4 is 65.8 Å². The Hall–Kier alpha value is -3.48. The molecule has 0 spiro atoms. The largest absolute Gasteiger partial charge is 0.453 e. The highest BCUT2D eigenvalue weighted by Gasteiger charge is 2.16. The molecule has 0 N–H and O–H groups in total. The van der Waals surface area contributed by atoms with Gasteiger partial charge in [0.05, 0.1) is 15.6 Å². The van der Waals surface area contributed by atoms with Crippen molar-refractivity contribution in [3.63, 3.8) is 0 Å². The summed E-state index contributed by atoms with van der Waals surface area (Å²) in [7, 11) is 0. The molecule has 0 unspecified atom stereocenters. The van der Waals surface area contributed by atoms with E-state index in [4.69, 9.17) is 26.0 Å². The Kier molecular flexibility index (Phi) is 5.20. The van der Waals surface area contributed by atoms with E-state index in [1.807, 2.05) is 42.5 Å². The molecule has 2 aliphatic rings. The fourth-order valence-electron chi connectivity index (χ4n) is 4.34. The molecule has 168 valence electrons. The van der Waals surface area contributed by atoms with Gasteiger partial charge in [-0.25, -0.2) is 15.0 Å². The summed E-state index contributed by atoms with van der Waals surface area (Å²) in [4.78, 5) is 16.8. The average Bonchev–Trinajstić information content (AvgIpc) is 3.25. The van der Waals surface area contributed by atoms with Gasteiger partial charge in [0.15, 0.2) is 11.3 Å². The molecule has 0 fully saturated rings. The minimum atomic E-state index is 0.680. The Morgan fingerprint density at radius 1 is 0.912 bits per heavy atom. The molecule has 0 radical (unpaired) electrons. The molecule has 3 aromatic carbocycles. The third-order valence-electron chi connectivity index (χ3n) is 6.04. The van der Waals surface area contributed by atoms with Crippen LogP contribution in [-0.4, -0.2) is 23.1 Å². The van der Waals surface area contributed by atoms with E-state index in [-0.39, 0.29) is 0 Å². The van der Waals surface area contributed by atoms with Gasteiger partial charge in [-0.2, -0.15) is 0 Å². The van der Waals surface area contributed by atoms with Crippen molar-refractivity contribution < 1.29 is 4.42 Å². The summed E-state index contributed by atoms with van der Waals surface area (Å²) in [5.41, 5.74) is 4.43. The van der Waals surface area contributed by atoms with E-state index in [0.717, 1.165) is 61.9 Å². The molecule has 2 heterocycles. The number of anilines is 1. The Morgan fingerprint density at radius 3 is 2.53 bits per heavy atom. The number of aromatic nitrogens is 2. The summed E-state index contributed by atoms with van der Waals surface area (Å²) in [5.74, 6) is 0.700. The van der Waals surface area contributed by atoms with Gasteiger partial charge in [0.25, 0.3) is 0 Å². The molecule has 4 aromatic rings. The quantitative estimate of drug-likeness (QED) is 0.193. The maximum atomic E-state index is 6.40. The summed E-state index contributed by atoms with van der Waals surface area (Å²) >= 11 is 7.67. The first-order valence-corrected chi connectivity index (χ1v) is 12.4. The van der Waals surface area contributed by atoms with Crippen molar-refractivity contribution in [1.29, 1.82) is 0 Å². The van der Waals surface area contributed by atoms with Crippen LogP contribution in [0.2, 0.25) is 5.02 Å². The number of fused-ring (bicyclic) bond motifs is 5. The van der Waals surface area contributed by atoms with Gasteiger partial charge in [0.2, 0.25) is 5.13 Å². The summed E-state index contributed by atoms with van der Waals surface area (Å²) in [6, 6.07) is 22.0. The second kappa shape index (κ2) is 8.38. The molecule has 0 amide bonds. The van der Waals surface area contributed by atoms with Gasteiger partial charge in [-0.05, 0) is 44.2 Å². The molecule has 5 nitrogen and oxygen atoms in total. The molecule has 1 aromatic heterocycles. The van der Waals surface area contributed by atoms with E-state index in [1.165, 1.54) is 11.3 Å². The fourth-order valence-corrected chi connectivity index (χ4v) is 5.47. The summed E-state index contributed by atoms with van der Waals surface area (Å²) in [6.45, 7) is 6.17. The average molecular weight is 485 g/mol. The van der Waals surface area contributed by atoms with Crippen LogP contribution in [0.1, 0.15) is 13.8 Å². The molecule has 0 atom stereocenters. The Bertz CT molecular complexity index is 1720. The number of halogens is 1. The Morgan fingerprint density at radius 2 is 1.71 bits per heavy atom. The number of thiazole rings is 1. The van der Waals surface area contributed by atoms with Crippen molar-refractivity contribution in [2.24, 2.45) is 4.99 Å². The minimum Gasteiger partial charge on any atom is -0.453 e. The van der Waals surface area contributed by atoms with E-state index in [9.17, 15) is 0 Å². The number of hydrogen-bond acceptors (Lipinski definition) is 6. The van der Waals surface area contributed by atoms with E-state index >= 15 is 0 Å². The van der Waals surface area contributed by atoms with E-state index < -0.39 is 0 Å². The lowest BCUT2D eigenvalue weighted by Gasteiger charge is -2.21. The highest BCUT2D eigenvalue weighted by atomic mass is 35.5. The lowest BCUT2D eigenvalue weighted by Crippen LogP contribution is -2.21. The van der Waals surface area contributed by atoms with Crippen LogP contribution in [0.15, 0.2) is 76.1 Å². The molecule has 0 saturated heterocycles. The highest BCUT2D eigenvalue weighted by Crippen LogP contribution is 2.33. The van der Waals surface area contributed by atoms with Gasteiger partial charge >= 0.3 is 0 Å². The first-order chi connectivity index (χ1) is 16.6. The smallest absolute Gasteiger partial charge is 0.210 e. The second-order valence-corrected chi connectivity index (χ2v) is 9.49. The number of benzene rings is 4. The third kappa shape index (κ3) is 3.59. The van der Waals surface area contributed by atoms with Crippen LogP contribution in [0.5, 0.6) is 0 Å². The van der Waals surface area contributed by atoms with Crippen LogP contribution >= 0.6 is 22.9 Å².